The van der Waals surface area contributed by atoms with E-state index in [1.165, 1.54) is 57.8 Å². The van der Waals surface area contributed by atoms with E-state index in [4.69, 9.17) is 4.74 Å². The van der Waals surface area contributed by atoms with Crippen LogP contribution < -0.4 is 4.74 Å². The van der Waals surface area contributed by atoms with E-state index in [0.717, 1.165) is 30.9 Å². The Bertz CT molecular complexity index is 591. The van der Waals surface area contributed by atoms with Crippen molar-refractivity contribution in [1.29, 1.82) is 0 Å². The average molecular weight is 429 g/mol. The van der Waals surface area contributed by atoms with E-state index in [1.807, 2.05) is 0 Å². The van der Waals surface area contributed by atoms with Crippen LogP contribution in [0.5, 0.6) is 5.75 Å². The predicted molar refractivity (Wildman–Crippen MR) is 107 cm³/mol. The molecule has 0 aliphatic heterocycles. The quantitative estimate of drug-likeness (QED) is 0.252. The van der Waals surface area contributed by atoms with Crippen molar-refractivity contribution in [3.63, 3.8) is 0 Å². The maximum atomic E-state index is 12.7. The number of ether oxygens (including phenoxy) is 1. The molecule has 0 atom stereocenters. The van der Waals surface area contributed by atoms with E-state index in [1.54, 1.807) is 0 Å². The molecular formula is C21H33F5OS. The highest BCUT2D eigenvalue weighted by atomic mass is 32.5. The van der Waals surface area contributed by atoms with E-state index < -0.39 is 15.1 Å². The van der Waals surface area contributed by atoms with E-state index in [-0.39, 0.29) is 5.75 Å². The maximum Gasteiger partial charge on any atom is 0.310 e. The first-order valence-corrected chi connectivity index (χ1v) is 12.4. The molecule has 0 radical (unpaired) electrons. The van der Waals surface area contributed by atoms with Gasteiger partial charge in [-0.1, -0.05) is 84.1 Å². The molecule has 1 aromatic carbocycles. The summed E-state index contributed by atoms with van der Waals surface area (Å²) in [5.41, 5.74) is 0. The Balaban J connectivity index is 1.66. The van der Waals surface area contributed by atoms with Crippen LogP contribution in [0.25, 0.3) is 0 Å². The lowest BCUT2D eigenvalue weighted by molar-refractivity contribution is 0.177. The first-order chi connectivity index (χ1) is 13.0. The Kier molecular flexibility index (Phi) is 7.32. The molecule has 7 heteroatoms. The molecule has 2 rings (SSSR count). The van der Waals surface area contributed by atoms with Gasteiger partial charge in [0, 0.05) is 0 Å². The lowest BCUT2D eigenvalue weighted by atomic mass is 9.80. The zero-order valence-electron chi connectivity index (χ0n) is 16.7. The summed E-state index contributed by atoms with van der Waals surface area (Å²) >= 11 is 0. The Morgan fingerprint density at radius 2 is 1.32 bits per heavy atom. The van der Waals surface area contributed by atoms with Gasteiger partial charge in [-0.25, -0.2) is 0 Å². The molecular weight excluding hydrogens is 395 g/mol. The zero-order chi connectivity index (χ0) is 20.7. The first kappa shape index (κ1) is 23.3. The molecule has 28 heavy (non-hydrogen) atoms. The second kappa shape index (κ2) is 8.80. The van der Waals surface area contributed by atoms with Crippen LogP contribution in [0.2, 0.25) is 0 Å². The van der Waals surface area contributed by atoms with Gasteiger partial charge >= 0.3 is 10.2 Å². The SMILES string of the molecule is CCCCCCCCC1CCC(COc2ccc(S(F)(F)(F)(F)F)cc2)CC1. The molecule has 0 spiro atoms. The number of benzene rings is 1. The molecule has 0 saturated heterocycles. The largest absolute Gasteiger partial charge is 0.493 e. The van der Waals surface area contributed by atoms with Crippen LogP contribution in [0, 0.1) is 11.8 Å². The summed E-state index contributed by atoms with van der Waals surface area (Å²) in [6, 6.07) is 2.79. The van der Waals surface area contributed by atoms with Crippen LogP contribution in [-0.4, -0.2) is 6.61 Å². The van der Waals surface area contributed by atoms with Gasteiger partial charge in [-0.15, -0.1) is 0 Å². The topological polar surface area (TPSA) is 9.23 Å². The van der Waals surface area contributed by atoms with Crippen LogP contribution in [0.4, 0.5) is 19.4 Å². The number of hydrogen-bond acceptors (Lipinski definition) is 1. The normalized spacial score (nSPS) is 23.1. The fourth-order valence-electron chi connectivity index (χ4n) is 3.91. The molecule has 1 nitrogen and oxygen atoms in total. The summed E-state index contributed by atoms with van der Waals surface area (Å²) in [5, 5.41) is 0. The van der Waals surface area contributed by atoms with Gasteiger partial charge in [0.2, 0.25) is 0 Å². The van der Waals surface area contributed by atoms with Crippen LogP contribution >= 0.6 is 10.2 Å². The molecule has 1 fully saturated rings. The van der Waals surface area contributed by atoms with Crippen molar-refractivity contribution in [1.82, 2.24) is 0 Å². The standard InChI is InChI=1S/C21H33F5OS/c1-2-3-4-5-6-7-8-18-9-11-19(12-10-18)17-27-20-13-15-21(16-14-20)28(22,23,24,25)26/h13-16,18-19H,2-12,17H2,1H3. The van der Waals surface area contributed by atoms with Crippen LogP contribution in [0.15, 0.2) is 29.2 Å². The van der Waals surface area contributed by atoms with Crippen molar-refractivity contribution >= 4 is 10.2 Å². The van der Waals surface area contributed by atoms with E-state index >= 15 is 0 Å². The van der Waals surface area contributed by atoms with E-state index in [0.29, 0.717) is 24.7 Å². The third kappa shape index (κ3) is 8.18. The Morgan fingerprint density at radius 3 is 1.89 bits per heavy atom. The summed E-state index contributed by atoms with van der Waals surface area (Å²) in [6.07, 6.45) is 13.6. The third-order valence-corrected chi connectivity index (χ3v) is 6.85. The van der Waals surface area contributed by atoms with Gasteiger partial charge in [0.1, 0.15) is 10.6 Å². The van der Waals surface area contributed by atoms with Gasteiger partial charge in [0.15, 0.2) is 0 Å². The average Bonchev–Trinajstić information content (AvgIpc) is 2.62. The molecule has 0 amide bonds. The minimum absolute atomic E-state index is 0.208. The van der Waals surface area contributed by atoms with E-state index in [9.17, 15) is 19.4 Å². The highest BCUT2D eigenvalue weighted by molar-refractivity contribution is 8.45. The number of halogens is 5. The predicted octanol–water partition coefficient (Wildman–Crippen LogP) is 9.28. The summed E-state index contributed by atoms with van der Waals surface area (Å²) in [4.78, 5) is -1.87. The number of rotatable bonds is 11. The van der Waals surface area contributed by atoms with Gasteiger partial charge in [-0.2, -0.15) is 0 Å². The van der Waals surface area contributed by atoms with Crippen LogP contribution in [-0.2, 0) is 0 Å². The summed E-state index contributed by atoms with van der Waals surface area (Å²) in [6.45, 7) is 2.65. The van der Waals surface area contributed by atoms with Crippen molar-refractivity contribution in [3.8, 4) is 5.75 Å². The van der Waals surface area contributed by atoms with Gasteiger partial charge in [-0.3, -0.25) is 0 Å². The smallest absolute Gasteiger partial charge is 0.310 e. The summed E-state index contributed by atoms with van der Waals surface area (Å²) in [7, 11) is -9.60. The Hall–Kier alpha value is -0.980. The van der Waals surface area contributed by atoms with Gasteiger partial charge in [0.25, 0.3) is 0 Å². The minimum atomic E-state index is -9.60. The first-order valence-electron chi connectivity index (χ1n) is 10.4. The molecule has 0 aromatic heterocycles. The minimum Gasteiger partial charge on any atom is -0.493 e. The molecule has 164 valence electrons. The second-order valence-electron chi connectivity index (χ2n) is 8.19. The highest BCUT2D eigenvalue weighted by Crippen LogP contribution is 3.02. The number of unbranched alkanes of at least 4 members (excludes halogenated alkanes) is 5. The van der Waals surface area contributed by atoms with Crippen LogP contribution in [0.3, 0.4) is 0 Å². The van der Waals surface area contributed by atoms with Crippen molar-refractivity contribution in [2.45, 2.75) is 82.4 Å². The van der Waals surface area contributed by atoms with Gasteiger partial charge < -0.3 is 4.74 Å². The summed E-state index contributed by atoms with van der Waals surface area (Å²) < 4.78 is 69.1. The van der Waals surface area contributed by atoms with Crippen molar-refractivity contribution in [2.75, 3.05) is 6.61 Å². The molecule has 0 N–H and O–H groups in total. The highest BCUT2D eigenvalue weighted by Gasteiger charge is 2.65. The molecule has 0 heterocycles. The molecule has 1 aliphatic carbocycles. The van der Waals surface area contributed by atoms with Crippen LogP contribution in [0.1, 0.15) is 77.6 Å². The molecule has 0 unspecified atom stereocenters. The maximum absolute atomic E-state index is 12.7. The molecule has 1 aromatic rings. The van der Waals surface area contributed by atoms with Crippen molar-refractivity contribution in [2.24, 2.45) is 11.8 Å². The van der Waals surface area contributed by atoms with Crippen molar-refractivity contribution < 1.29 is 24.2 Å². The van der Waals surface area contributed by atoms with Crippen molar-refractivity contribution in [3.05, 3.63) is 24.3 Å². The van der Waals surface area contributed by atoms with Gasteiger partial charge in [-0.05, 0) is 48.9 Å². The second-order valence-corrected chi connectivity index (χ2v) is 10.6. The Labute approximate surface area is 165 Å². The fourth-order valence-corrected chi connectivity index (χ4v) is 4.56. The zero-order valence-corrected chi connectivity index (χ0v) is 17.5. The monoisotopic (exact) mass is 428 g/mol. The lowest BCUT2D eigenvalue weighted by Gasteiger charge is -2.40. The molecule has 1 aliphatic rings. The fraction of sp³-hybridized carbons (Fsp3) is 0.714. The number of hydrogen-bond donors (Lipinski definition) is 0. The summed E-state index contributed by atoms with van der Waals surface area (Å²) in [5.74, 6) is 1.37. The molecule has 0 bridgehead atoms. The molecule has 1 saturated carbocycles. The van der Waals surface area contributed by atoms with Gasteiger partial charge in [0.05, 0.1) is 6.61 Å². The lowest BCUT2D eigenvalue weighted by Crippen LogP contribution is -2.20. The van der Waals surface area contributed by atoms with E-state index in [2.05, 4.69) is 6.92 Å². The Morgan fingerprint density at radius 1 is 0.786 bits per heavy atom. The third-order valence-electron chi connectivity index (χ3n) is 5.69.